The zero-order valence-corrected chi connectivity index (χ0v) is 20.1. The summed E-state index contributed by atoms with van der Waals surface area (Å²) in [6.07, 6.45) is 2.48. The minimum atomic E-state index is -0.630. The third-order valence-corrected chi connectivity index (χ3v) is 6.15. The SMILES string of the molecule is COCCN(CC(=O)N1N=C(c2cccn2C)C[C@@H]1c1ccc(C)cc1)C(=O)c1ccccc1F. The van der Waals surface area contributed by atoms with Gasteiger partial charge in [0.25, 0.3) is 11.8 Å². The monoisotopic (exact) mass is 476 g/mol. The van der Waals surface area contributed by atoms with E-state index in [0.29, 0.717) is 6.42 Å². The number of rotatable bonds is 8. The number of amides is 2. The molecule has 0 radical (unpaired) electrons. The molecule has 0 fully saturated rings. The van der Waals surface area contributed by atoms with Gasteiger partial charge < -0.3 is 14.2 Å². The fraction of sp³-hybridized carbons (Fsp3) is 0.296. The molecule has 0 bridgehead atoms. The van der Waals surface area contributed by atoms with Crippen molar-refractivity contribution in [3.63, 3.8) is 0 Å². The highest BCUT2D eigenvalue weighted by Gasteiger charge is 2.35. The average Bonchev–Trinajstić information content (AvgIpc) is 3.48. The van der Waals surface area contributed by atoms with Crippen LogP contribution in [0.1, 0.15) is 39.6 Å². The van der Waals surface area contributed by atoms with Gasteiger partial charge in [0, 0.05) is 33.3 Å². The lowest BCUT2D eigenvalue weighted by atomic mass is 9.99. The van der Waals surface area contributed by atoms with Gasteiger partial charge in [0.2, 0.25) is 0 Å². The molecular formula is C27H29FN4O3. The zero-order chi connectivity index (χ0) is 24.9. The van der Waals surface area contributed by atoms with E-state index in [1.807, 2.05) is 61.1 Å². The summed E-state index contributed by atoms with van der Waals surface area (Å²) >= 11 is 0. The lowest BCUT2D eigenvalue weighted by Gasteiger charge is -2.27. The number of carbonyl (C=O) groups excluding carboxylic acids is 2. The van der Waals surface area contributed by atoms with Crippen molar-refractivity contribution in [2.45, 2.75) is 19.4 Å². The van der Waals surface area contributed by atoms with E-state index in [-0.39, 0.29) is 37.2 Å². The molecule has 0 unspecified atom stereocenters. The van der Waals surface area contributed by atoms with Crippen LogP contribution < -0.4 is 0 Å². The average molecular weight is 477 g/mol. The second kappa shape index (κ2) is 10.7. The molecule has 0 saturated heterocycles. The number of aromatic nitrogens is 1. The molecule has 1 aromatic heterocycles. The van der Waals surface area contributed by atoms with E-state index >= 15 is 0 Å². The van der Waals surface area contributed by atoms with Gasteiger partial charge in [-0.1, -0.05) is 42.0 Å². The van der Waals surface area contributed by atoms with Crippen LogP contribution in [0, 0.1) is 12.7 Å². The molecule has 0 aliphatic carbocycles. The minimum absolute atomic E-state index is 0.0825. The topological polar surface area (TPSA) is 67.1 Å². The second-order valence-corrected chi connectivity index (χ2v) is 8.62. The number of nitrogens with zero attached hydrogens (tertiary/aromatic N) is 4. The Hall–Kier alpha value is -3.78. The molecule has 1 aliphatic heterocycles. The standard InChI is InChI=1S/C27H29FN4O3/c1-19-10-12-20(13-11-19)25-17-23(24-9-6-14-30(24)2)29-32(25)26(33)18-31(15-16-35-3)27(34)21-7-4-5-8-22(21)28/h4-14,25H,15-18H2,1-3H3/t25-/m1/s1. The van der Waals surface area contributed by atoms with E-state index < -0.39 is 11.7 Å². The number of methoxy groups -OCH3 is 1. The fourth-order valence-electron chi connectivity index (χ4n) is 4.20. The van der Waals surface area contributed by atoms with Crippen molar-refractivity contribution >= 4 is 17.5 Å². The number of halogens is 1. The maximum atomic E-state index is 14.3. The van der Waals surface area contributed by atoms with Crippen LogP contribution in [0.4, 0.5) is 4.39 Å². The molecule has 8 heteroatoms. The van der Waals surface area contributed by atoms with Gasteiger partial charge in [0.05, 0.1) is 29.6 Å². The Morgan fingerprint density at radius 2 is 1.86 bits per heavy atom. The van der Waals surface area contributed by atoms with Crippen molar-refractivity contribution in [1.29, 1.82) is 0 Å². The predicted molar refractivity (Wildman–Crippen MR) is 132 cm³/mol. The summed E-state index contributed by atoms with van der Waals surface area (Å²) in [5.41, 5.74) is 3.72. The normalized spacial score (nSPS) is 15.3. The molecule has 182 valence electrons. The van der Waals surface area contributed by atoms with Crippen LogP contribution in [0.5, 0.6) is 0 Å². The predicted octanol–water partition coefficient (Wildman–Crippen LogP) is 3.94. The summed E-state index contributed by atoms with van der Waals surface area (Å²) in [5.74, 6) is -1.54. The summed E-state index contributed by atoms with van der Waals surface area (Å²) in [6.45, 7) is 2.12. The molecule has 0 N–H and O–H groups in total. The first-order valence-electron chi connectivity index (χ1n) is 11.5. The zero-order valence-electron chi connectivity index (χ0n) is 20.1. The van der Waals surface area contributed by atoms with Gasteiger partial charge in [-0.2, -0.15) is 5.10 Å². The summed E-state index contributed by atoms with van der Waals surface area (Å²) in [4.78, 5) is 28.0. The number of hydrogen-bond donors (Lipinski definition) is 0. The maximum Gasteiger partial charge on any atom is 0.262 e. The molecule has 2 heterocycles. The van der Waals surface area contributed by atoms with Crippen molar-refractivity contribution in [2.75, 3.05) is 26.8 Å². The lowest BCUT2D eigenvalue weighted by Crippen LogP contribution is -2.43. The van der Waals surface area contributed by atoms with E-state index in [0.717, 1.165) is 22.5 Å². The summed E-state index contributed by atoms with van der Waals surface area (Å²) in [5, 5.41) is 6.15. The third kappa shape index (κ3) is 5.33. The van der Waals surface area contributed by atoms with Gasteiger partial charge in [0.15, 0.2) is 0 Å². The van der Waals surface area contributed by atoms with Crippen molar-refractivity contribution in [1.82, 2.24) is 14.5 Å². The van der Waals surface area contributed by atoms with Crippen LogP contribution in [0.25, 0.3) is 0 Å². The summed E-state index contributed by atoms with van der Waals surface area (Å²) < 4.78 is 21.4. The number of aryl methyl sites for hydroxylation is 2. The molecule has 35 heavy (non-hydrogen) atoms. The Kier molecular flexibility index (Phi) is 7.41. The number of hydrazone groups is 1. The van der Waals surface area contributed by atoms with E-state index in [4.69, 9.17) is 9.84 Å². The molecule has 2 amide bonds. The Balaban J connectivity index is 1.63. The van der Waals surface area contributed by atoms with Gasteiger partial charge in [-0.15, -0.1) is 0 Å². The third-order valence-electron chi connectivity index (χ3n) is 6.15. The first-order valence-corrected chi connectivity index (χ1v) is 11.5. The summed E-state index contributed by atoms with van der Waals surface area (Å²) in [6, 6.07) is 17.4. The molecule has 4 rings (SSSR count). The van der Waals surface area contributed by atoms with E-state index in [9.17, 15) is 14.0 Å². The van der Waals surface area contributed by atoms with Crippen molar-refractivity contribution < 1.29 is 18.7 Å². The lowest BCUT2D eigenvalue weighted by molar-refractivity contribution is -0.133. The Labute approximate surface area is 204 Å². The Morgan fingerprint density at radius 3 is 2.51 bits per heavy atom. The quantitative estimate of drug-likeness (QED) is 0.495. The second-order valence-electron chi connectivity index (χ2n) is 8.62. The van der Waals surface area contributed by atoms with Gasteiger partial charge in [-0.25, -0.2) is 9.40 Å². The molecule has 3 aromatic rings. The maximum absolute atomic E-state index is 14.3. The van der Waals surface area contributed by atoms with Gasteiger partial charge in [-0.3, -0.25) is 9.59 Å². The van der Waals surface area contributed by atoms with Crippen molar-refractivity contribution in [3.05, 3.63) is 95.1 Å². The van der Waals surface area contributed by atoms with Gasteiger partial charge in [0.1, 0.15) is 12.4 Å². The van der Waals surface area contributed by atoms with E-state index in [1.54, 1.807) is 6.07 Å². The fourth-order valence-corrected chi connectivity index (χ4v) is 4.20. The molecule has 0 saturated carbocycles. The van der Waals surface area contributed by atoms with Crippen LogP contribution in [-0.4, -0.2) is 58.8 Å². The van der Waals surface area contributed by atoms with Crippen LogP contribution in [0.15, 0.2) is 72.0 Å². The van der Waals surface area contributed by atoms with E-state index in [2.05, 4.69) is 0 Å². The highest BCUT2D eigenvalue weighted by atomic mass is 19.1. The number of benzene rings is 2. The largest absolute Gasteiger partial charge is 0.383 e. The van der Waals surface area contributed by atoms with Crippen LogP contribution in [0.3, 0.4) is 0 Å². The first-order chi connectivity index (χ1) is 16.9. The molecule has 2 aromatic carbocycles. The molecule has 7 nitrogen and oxygen atoms in total. The van der Waals surface area contributed by atoms with Gasteiger partial charge in [-0.05, 0) is 36.8 Å². The molecular weight excluding hydrogens is 447 g/mol. The van der Waals surface area contributed by atoms with Gasteiger partial charge >= 0.3 is 0 Å². The first kappa shape index (κ1) is 24.3. The van der Waals surface area contributed by atoms with Crippen molar-refractivity contribution in [3.8, 4) is 0 Å². The minimum Gasteiger partial charge on any atom is -0.383 e. The van der Waals surface area contributed by atoms with Crippen molar-refractivity contribution in [2.24, 2.45) is 12.1 Å². The Morgan fingerprint density at radius 1 is 1.11 bits per heavy atom. The van der Waals surface area contributed by atoms with E-state index in [1.165, 1.54) is 35.2 Å². The highest BCUT2D eigenvalue weighted by molar-refractivity contribution is 6.02. The van der Waals surface area contributed by atoms with Crippen LogP contribution in [0.2, 0.25) is 0 Å². The number of carbonyl (C=O) groups is 2. The Bertz CT molecular complexity index is 1240. The van der Waals surface area contributed by atoms with Crippen LogP contribution >= 0.6 is 0 Å². The number of ether oxygens (including phenoxy) is 1. The van der Waals surface area contributed by atoms with Crippen LogP contribution in [-0.2, 0) is 16.6 Å². The highest BCUT2D eigenvalue weighted by Crippen LogP contribution is 2.33. The molecule has 1 atom stereocenters. The smallest absolute Gasteiger partial charge is 0.262 e. The summed E-state index contributed by atoms with van der Waals surface area (Å²) in [7, 11) is 3.45. The molecule has 1 aliphatic rings. The number of hydrogen-bond acceptors (Lipinski definition) is 4. The molecule has 0 spiro atoms.